The predicted molar refractivity (Wildman–Crippen MR) is 221 cm³/mol. The number of methoxy groups -OCH3 is 1. The molecule has 60 heavy (non-hydrogen) atoms. The molecular weight excluding hydrogens is 795 g/mol. The van der Waals surface area contributed by atoms with Crippen LogP contribution in [0.5, 0.6) is 11.5 Å². The number of rotatable bonds is 15. The number of fused-ring (bicyclic) bond motifs is 1. The number of alkyl carbamates (subject to hydrolysis) is 1. The second-order valence-electron chi connectivity index (χ2n) is 16.7. The minimum absolute atomic E-state index is 0.0664. The highest BCUT2D eigenvalue weighted by Gasteiger charge is 2.62. The monoisotopic (exact) mass is 845 g/mol. The highest BCUT2D eigenvalue weighted by Crippen LogP contribution is 2.46. The summed E-state index contributed by atoms with van der Waals surface area (Å²) in [4.78, 5) is 74.9. The first kappa shape index (κ1) is 43.6. The molecule has 1 saturated heterocycles. The zero-order valence-corrected chi connectivity index (χ0v) is 35.3. The third kappa shape index (κ3) is 9.56. The van der Waals surface area contributed by atoms with Crippen LogP contribution < -0.4 is 24.8 Å². The van der Waals surface area contributed by atoms with E-state index in [0.717, 1.165) is 11.6 Å². The van der Waals surface area contributed by atoms with E-state index in [9.17, 15) is 32.4 Å². The van der Waals surface area contributed by atoms with Crippen molar-refractivity contribution >= 4 is 50.7 Å². The highest BCUT2D eigenvalue weighted by molar-refractivity contribution is 7.91. The van der Waals surface area contributed by atoms with Gasteiger partial charge in [-0.1, -0.05) is 43.0 Å². The van der Waals surface area contributed by atoms with Crippen LogP contribution in [0, 0.1) is 5.92 Å². The second kappa shape index (κ2) is 16.6. The summed E-state index contributed by atoms with van der Waals surface area (Å²) in [5.41, 5.74) is -2.43. The molecule has 4 amide bonds. The predicted octanol–water partition coefficient (Wildman–Crippen LogP) is 4.33. The Hall–Kier alpha value is -5.97. The number of esters is 1. The van der Waals surface area contributed by atoms with Crippen LogP contribution in [0.2, 0.25) is 0 Å². The van der Waals surface area contributed by atoms with E-state index in [-0.39, 0.29) is 19.4 Å². The number of carbonyl (C=O) groups excluding carboxylic acids is 5. The average Bonchev–Trinajstić information content (AvgIpc) is 4.12. The van der Waals surface area contributed by atoms with E-state index in [1.807, 2.05) is 30.3 Å². The van der Waals surface area contributed by atoms with Gasteiger partial charge in [0.15, 0.2) is 6.04 Å². The van der Waals surface area contributed by atoms with Gasteiger partial charge in [0.25, 0.3) is 5.91 Å². The number of nitrogens with zero attached hydrogens (tertiary/aromatic N) is 2. The Morgan fingerprint density at radius 2 is 1.68 bits per heavy atom. The van der Waals surface area contributed by atoms with Crippen LogP contribution in [-0.2, 0) is 38.7 Å². The van der Waals surface area contributed by atoms with Gasteiger partial charge >= 0.3 is 12.1 Å². The van der Waals surface area contributed by atoms with Gasteiger partial charge in [-0.05, 0) is 66.0 Å². The molecule has 3 fully saturated rings. The van der Waals surface area contributed by atoms with E-state index >= 15 is 0 Å². The first-order valence-corrected chi connectivity index (χ1v) is 21.1. The number of pyridine rings is 1. The Morgan fingerprint density at radius 3 is 2.28 bits per heavy atom. The van der Waals surface area contributed by atoms with Gasteiger partial charge in [0.2, 0.25) is 21.8 Å². The van der Waals surface area contributed by atoms with Gasteiger partial charge in [-0.2, -0.15) is 0 Å². The summed E-state index contributed by atoms with van der Waals surface area (Å²) in [5, 5.41) is 5.21. The zero-order valence-electron chi connectivity index (χ0n) is 34.5. The number of likely N-dealkylation sites (tertiary alicyclic amines) is 1. The Kier molecular flexibility index (Phi) is 12.1. The molecule has 1 aliphatic heterocycles. The molecule has 0 bridgehead atoms. The van der Waals surface area contributed by atoms with Crippen molar-refractivity contribution in [2.24, 2.45) is 5.92 Å². The van der Waals surface area contributed by atoms with Crippen molar-refractivity contribution < 1.29 is 51.3 Å². The molecule has 3 N–H and O–H groups in total. The van der Waals surface area contributed by atoms with Crippen molar-refractivity contribution in [3.63, 3.8) is 0 Å². The van der Waals surface area contributed by atoms with Crippen molar-refractivity contribution in [1.82, 2.24) is 25.2 Å². The molecule has 320 valence electrons. The van der Waals surface area contributed by atoms with Gasteiger partial charge in [-0.15, -0.1) is 6.58 Å². The lowest BCUT2D eigenvalue weighted by molar-refractivity contribution is -0.159. The SMILES string of the molecule is C=CC(=O)OC(C)(C)C(NC(=O)OC(C)(C)C)C(=O)N1C[C@H](Oc2cc(-c3ccccc3)nc3cc(OC)ccc23)CC1C(=O)N[C@]1(C(=O)NS(=O)(=O)C2CC2)C[C@H]1C=C. The molecule has 5 atom stereocenters. The molecule has 0 radical (unpaired) electrons. The fraction of sp³-hybridized carbons (Fsp3) is 0.442. The quantitative estimate of drug-likeness (QED) is 0.111. The smallest absolute Gasteiger partial charge is 0.408 e. The van der Waals surface area contributed by atoms with Gasteiger partial charge < -0.3 is 34.5 Å². The molecule has 16 nitrogen and oxygen atoms in total. The summed E-state index contributed by atoms with van der Waals surface area (Å²) in [5.74, 6) is -3.08. The number of amides is 4. The van der Waals surface area contributed by atoms with E-state index in [1.165, 1.54) is 31.9 Å². The summed E-state index contributed by atoms with van der Waals surface area (Å²) in [6, 6.07) is 13.5. The Morgan fingerprint density at radius 1 is 0.983 bits per heavy atom. The van der Waals surface area contributed by atoms with Gasteiger partial charge in [0.1, 0.15) is 40.4 Å². The van der Waals surface area contributed by atoms with Gasteiger partial charge in [0, 0.05) is 41.5 Å². The van der Waals surface area contributed by atoms with E-state index < -0.39 is 85.9 Å². The number of hydrogen-bond acceptors (Lipinski definition) is 12. The number of benzene rings is 2. The fourth-order valence-electron chi connectivity index (χ4n) is 7.22. The van der Waals surface area contributed by atoms with E-state index in [2.05, 4.69) is 28.5 Å². The zero-order chi connectivity index (χ0) is 43.8. The number of ether oxygens (including phenoxy) is 4. The maximum atomic E-state index is 14.9. The molecule has 3 aliphatic rings. The van der Waals surface area contributed by atoms with Gasteiger partial charge in [-0.3, -0.25) is 19.1 Å². The molecule has 2 unspecified atom stereocenters. The molecule has 2 aliphatic carbocycles. The van der Waals surface area contributed by atoms with Crippen LogP contribution in [0.1, 0.15) is 60.3 Å². The molecule has 3 aromatic rings. The number of sulfonamides is 1. The van der Waals surface area contributed by atoms with Crippen LogP contribution in [0.3, 0.4) is 0 Å². The topological polar surface area (TPSA) is 209 Å². The first-order chi connectivity index (χ1) is 28.2. The number of nitrogens with one attached hydrogen (secondary N) is 3. The van der Waals surface area contributed by atoms with E-state index in [0.29, 0.717) is 40.9 Å². The molecule has 17 heteroatoms. The molecule has 1 aromatic heterocycles. The molecule has 2 saturated carbocycles. The van der Waals surface area contributed by atoms with Crippen molar-refractivity contribution in [2.45, 2.75) is 100 Å². The third-order valence-electron chi connectivity index (χ3n) is 10.6. The number of aromatic nitrogens is 1. The Labute approximate surface area is 349 Å². The van der Waals surface area contributed by atoms with Crippen molar-refractivity contribution in [3.05, 3.63) is 79.9 Å². The molecular formula is C43H51N5O11S. The fourth-order valence-corrected chi connectivity index (χ4v) is 8.58. The second-order valence-corrected chi connectivity index (χ2v) is 18.7. The van der Waals surface area contributed by atoms with Crippen LogP contribution in [0.25, 0.3) is 22.2 Å². The summed E-state index contributed by atoms with van der Waals surface area (Å²) in [6.07, 6.45) is 1.29. The summed E-state index contributed by atoms with van der Waals surface area (Å²) in [6.45, 7) is 14.7. The van der Waals surface area contributed by atoms with Crippen LogP contribution >= 0.6 is 0 Å². The first-order valence-electron chi connectivity index (χ1n) is 19.6. The summed E-state index contributed by atoms with van der Waals surface area (Å²) >= 11 is 0. The average molecular weight is 846 g/mol. The number of carbonyl (C=O) groups is 5. The Bertz CT molecular complexity index is 2320. The Balaban J connectivity index is 1.38. The molecule has 6 rings (SSSR count). The van der Waals surface area contributed by atoms with E-state index in [4.69, 9.17) is 23.9 Å². The maximum Gasteiger partial charge on any atom is 0.408 e. The van der Waals surface area contributed by atoms with Gasteiger partial charge in [0.05, 0.1) is 30.1 Å². The molecule has 0 spiro atoms. The summed E-state index contributed by atoms with van der Waals surface area (Å²) in [7, 11) is -2.44. The minimum atomic E-state index is -3.98. The van der Waals surface area contributed by atoms with Crippen molar-refractivity contribution in [2.75, 3.05) is 13.7 Å². The normalized spacial score (nSPS) is 21.8. The molecule has 2 aromatic carbocycles. The lowest BCUT2D eigenvalue weighted by Gasteiger charge is -2.37. The van der Waals surface area contributed by atoms with Crippen molar-refractivity contribution in [3.8, 4) is 22.8 Å². The lowest BCUT2D eigenvalue weighted by atomic mass is 9.96. The van der Waals surface area contributed by atoms with Crippen LogP contribution in [0.15, 0.2) is 79.9 Å². The van der Waals surface area contributed by atoms with Crippen molar-refractivity contribution in [1.29, 1.82) is 0 Å². The van der Waals surface area contributed by atoms with Crippen LogP contribution in [-0.4, -0.2) is 102 Å². The third-order valence-corrected chi connectivity index (χ3v) is 12.4. The molecule has 2 heterocycles. The standard InChI is InChI=1S/C43H51N5O11S/c1-9-26-23-43(26,39(52)47-60(54,55)29-17-18-29)46-37(50)33-21-28(24-48(33)38(51)36(42(6,7)58-35(49)10-2)45-40(53)59-41(3,4)5)57-34-22-31(25-14-12-11-13-15-25)44-32-20-27(56-8)16-19-30(32)34/h9-16,19-20,22,26,28-29,33,36H,1-2,17-18,21,23-24H2,3-8H3,(H,45,53)(H,46,50)(H,47,52)/t26-,28-,33?,36?,43-/m1/s1. The number of hydrogen-bond donors (Lipinski definition) is 3. The largest absolute Gasteiger partial charge is 0.497 e. The lowest BCUT2D eigenvalue weighted by Crippen LogP contribution is -2.63. The van der Waals surface area contributed by atoms with E-state index in [1.54, 1.807) is 45.0 Å². The minimum Gasteiger partial charge on any atom is -0.497 e. The highest BCUT2D eigenvalue weighted by atomic mass is 32.2. The van der Waals surface area contributed by atoms with Gasteiger partial charge in [-0.25, -0.2) is 23.0 Å². The van der Waals surface area contributed by atoms with Crippen LogP contribution in [0.4, 0.5) is 4.79 Å². The maximum absolute atomic E-state index is 14.9. The summed E-state index contributed by atoms with van der Waals surface area (Å²) < 4.78 is 51.0.